The molecule has 2 unspecified atom stereocenters. The maximum absolute atomic E-state index is 14.6. The maximum atomic E-state index is 14.6. The average molecular weight is 869 g/mol. The highest BCUT2D eigenvalue weighted by Gasteiger charge is 2.57. The van der Waals surface area contributed by atoms with Crippen LogP contribution in [0.15, 0.2) is 66.7 Å². The first-order valence-corrected chi connectivity index (χ1v) is 23.0. The second-order valence-electron chi connectivity index (χ2n) is 19.6. The van der Waals surface area contributed by atoms with Crippen molar-refractivity contribution in [1.82, 2.24) is 25.5 Å². The number of rotatable bonds is 18. The zero-order valence-electron chi connectivity index (χ0n) is 38.8. The number of ether oxygens (including phenoxy) is 2. The van der Waals surface area contributed by atoms with Gasteiger partial charge in [-0.1, -0.05) is 69.3 Å². The van der Waals surface area contributed by atoms with Crippen LogP contribution in [0.3, 0.4) is 0 Å². The van der Waals surface area contributed by atoms with Gasteiger partial charge >= 0.3 is 0 Å². The van der Waals surface area contributed by atoms with Crippen LogP contribution in [0, 0.1) is 29.1 Å². The third-order valence-corrected chi connectivity index (χ3v) is 14.5. The van der Waals surface area contributed by atoms with Crippen molar-refractivity contribution in [2.75, 3.05) is 85.7 Å². The number of morpholine rings is 1. The molecule has 13 nitrogen and oxygen atoms in total. The second-order valence-corrected chi connectivity index (χ2v) is 19.6. The van der Waals surface area contributed by atoms with Crippen molar-refractivity contribution in [3.63, 3.8) is 0 Å². The number of hydrogen-bond acceptors (Lipinski definition) is 11. The molecular weight excluding hydrogens is 797 g/mol. The van der Waals surface area contributed by atoms with E-state index >= 15 is 0 Å². The first kappa shape index (κ1) is 46.9. The molecule has 0 radical (unpaired) electrons. The normalized spacial score (nSPS) is 26.7. The number of anilines is 1. The molecule has 3 aliphatic carbocycles. The lowest BCUT2D eigenvalue weighted by Crippen LogP contribution is -2.62. The van der Waals surface area contributed by atoms with Gasteiger partial charge in [0.15, 0.2) is 0 Å². The summed E-state index contributed by atoms with van der Waals surface area (Å²) in [6.45, 7) is 13.2. The monoisotopic (exact) mass is 869 g/mol. The molecule has 4 N–H and O–H groups in total. The van der Waals surface area contributed by atoms with Gasteiger partial charge < -0.3 is 40.1 Å². The predicted octanol–water partition coefficient (Wildman–Crippen LogP) is 4.69. The van der Waals surface area contributed by atoms with Crippen molar-refractivity contribution in [2.45, 2.75) is 83.8 Å². The largest absolute Gasteiger partial charge is 0.491 e. The first-order valence-electron chi connectivity index (χ1n) is 23.0. The Kier molecular flexibility index (Phi) is 15.2. The van der Waals surface area contributed by atoms with Gasteiger partial charge in [0.25, 0.3) is 5.91 Å². The number of fused-ring (bicyclic) bond motifs is 2. The maximum Gasteiger partial charge on any atom is 0.251 e. The predicted molar refractivity (Wildman–Crippen MR) is 246 cm³/mol. The van der Waals surface area contributed by atoms with Crippen LogP contribution in [0.5, 0.6) is 5.75 Å². The van der Waals surface area contributed by atoms with E-state index in [1.165, 1.54) is 6.42 Å². The fourth-order valence-corrected chi connectivity index (χ4v) is 10.8. The van der Waals surface area contributed by atoms with Crippen LogP contribution in [0.4, 0.5) is 5.69 Å². The summed E-state index contributed by atoms with van der Waals surface area (Å²) < 4.78 is 12.4. The van der Waals surface area contributed by atoms with E-state index < -0.39 is 24.2 Å². The molecule has 8 rings (SSSR count). The number of hydrogen-bond donors (Lipinski definition) is 4. The van der Waals surface area contributed by atoms with Crippen molar-refractivity contribution in [2.24, 2.45) is 29.1 Å². The lowest BCUT2D eigenvalue weighted by atomic mass is 9.45. The van der Waals surface area contributed by atoms with E-state index in [-0.39, 0.29) is 42.5 Å². The van der Waals surface area contributed by atoms with E-state index in [2.05, 4.69) is 59.4 Å². The number of nitrogens with one attached hydrogen (secondary N) is 2. The van der Waals surface area contributed by atoms with Gasteiger partial charge in [-0.05, 0) is 92.8 Å². The number of nitrogens with zero attached hydrogens (tertiary/aromatic N) is 4. The van der Waals surface area contributed by atoms with Crippen molar-refractivity contribution >= 4 is 17.5 Å². The molecule has 3 aromatic rings. The highest BCUT2D eigenvalue weighted by Crippen LogP contribution is 2.61. The van der Waals surface area contributed by atoms with Crippen LogP contribution < -0.4 is 20.3 Å². The lowest BCUT2D eigenvalue weighted by Gasteiger charge is -2.62. The fourth-order valence-electron chi connectivity index (χ4n) is 10.8. The van der Waals surface area contributed by atoms with Gasteiger partial charge in [-0.2, -0.15) is 5.06 Å². The summed E-state index contributed by atoms with van der Waals surface area (Å²) in [5, 5.41) is 30.1. The van der Waals surface area contributed by atoms with E-state index in [4.69, 9.17) is 14.3 Å². The molecular formula is C50H72N6O7. The molecule has 0 aromatic heterocycles. The van der Waals surface area contributed by atoms with Gasteiger partial charge in [-0.25, -0.2) is 0 Å². The number of amides is 2. The second kappa shape index (κ2) is 20.4. The van der Waals surface area contributed by atoms with E-state index in [1.807, 2.05) is 81.6 Å². The van der Waals surface area contributed by atoms with Gasteiger partial charge in [0.1, 0.15) is 24.5 Å². The van der Waals surface area contributed by atoms with Crippen LogP contribution in [0.2, 0.25) is 0 Å². The molecule has 2 bridgehead atoms. The summed E-state index contributed by atoms with van der Waals surface area (Å²) in [6.07, 6.45) is 1.12. The molecule has 9 atom stereocenters. The van der Waals surface area contributed by atoms with E-state index in [0.717, 1.165) is 47.5 Å². The topological polar surface area (TPSA) is 139 Å². The Hall–Kier alpha value is -4.08. The first-order chi connectivity index (χ1) is 30.1. The lowest BCUT2D eigenvalue weighted by molar-refractivity contribution is -0.183. The minimum absolute atomic E-state index is 0.0215. The minimum atomic E-state index is -0.919. The molecule has 0 spiro atoms. The van der Waals surface area contributed by atoms with Gasteiger partial charge in [0, 0.05) is 80.7 Å². The summed E-state index contributed by atoms with van der Waals surface area (Å²) >= 11 is 0. The minimum Gasteiger partial charge on any atom is -0.491 e. The van der Waals surface area contributed by atoms with Crippen molar-refractivity contribution in [1.29, 1.82) is 0 Å². The third-order valence-electron chi connectivity index (χ3n) is 14.5. The summed E-state index contributed by atoms with van der Waals surface area (Å²) in [6, 6.07) is 21.1. The standard InChI is InChI=1S/C50H72N6O7/c1-32-42-27-38(50(42,3)4)28-43(32)52-49(60)46-45(33(2)58)44(31-57)63-56(46)29-35-15-12-16-41(47(35)62-22-19-55-17-20-61-21-18-55)36-24-37(26-40(25-36)54(7)8)48(59)51-39(30-53(5)6)23-34-13-10-9-11-14-34/h9-16,24-26,32-33,38-39,42-46,57-58H,17-23,27-31H2,1-8H3,(H,51,59)(H,52,60)/t32?,33-,38+,39-,42-,43-,44?,45+,46-/m0/s1. The SMILES string of the molecule is CC1[C@@H](NC(=O)[C@@H]2[C@H]([C@H](C)O)C(CO)ON2Cc2cccc(-c3cc(C(=O)N[C@@H](Cc4ccccc4)CN(C)C)cc(N(C)C)c3)c2OCCN2CCOCC2)C[C@H]2C[C@@H]1C2(C)C. The highest BCUT2D eigenvalue weighted by atomic mass is 16.7. The summed E-state index contributed by atoms with van der Waals surface area (Å²) in [7, 11) is 7.95. The van der Waals surface area contributed by atoms with Gasteiger partial charge in [-0.3, -0.25) is 19.3 Å². The van der Waals surface area contributed by atoms with Crippen molar-refractivity contribution < 1.29 is 34.1 Å². The Morgan fingerprint density at radius 2 is 1.75 bits per heavy atom. The molecule has 63 heavy (non-hydrogen) atoms. The average Bonchev–Trinajstić information content (AvgIpc) is 3.63. The molecule has 2 aliphatic heterocycles. The smallest absolute Gasteiger partial charge is 0.251 e. The number of aliphatic hydroxyl groups is 2. The number of hydroxylamine groups is 2. The van der Waals surface area contributed by atoms with Crippen LogP contribution >= 0.6 is 0 Å². The third kappa shape index (κ3) is 10.7. The number of benzene rings is 3. The zero-order valence-corrected chi connectivity index (χ0v) is 38.8. The summed E-state index contributed by atoms with van der Waals surface area (Å²) in [5.74, 6) is 1.01. The molecule has 344 valence electrons. The van der Waals surface area contributed by atoms with Crippen LogP contribution in [-0.4, -0.2) is 148 Å². The fraction of sp³-hybridized carbons (Fsp3) is 0.600. The number of carbonyl (C=O) groups is 2. The Morgan fingerprint density at radius 1 is 1.00 bits per heavy atom. The molecule has 2 heterocycles. The number of likely N-dealkylation sites (N-methyl/N-ethyl adjacent to an activating group) is 1. The molecule has 2 amide bonds. The zero-order chi connectivity index (χ0) is 45.0. The van der Waals surface area contributed by atoms with Crippen LogP contribution in [0.1, 0.15) is 62.0 Å². The van der Waals surface area contributed by atoms with Gasteiger partial charge in [0.05, 0.1) is 32.5 Å². The molecule has 2 saturated heterocycles. The van der Waals surface area contributed by atoms with Crippen LogP contribution in [0.25, 0.3) is 11.1 Å². The van der Waals surface area contributed by atoms with E-state index in [9.17, 15) is 19.8 Å². The van der Waals surface area contributed by atoms with Crippen LogP contribution in [-0.2, 0) is 27.3 Å². The Balaban J connectivity index is 1.21. The Morgan fingerprint density at radius 3 is 2.40 bits per heavy atom. The number of para-hydroxylation sites is 1. The summed E-state index contributed by atoms with van der Waals surface area (Å²) in [4.78, 5) is 41.7. The van der Waals surface area contributed by atoms with Crippen molar-refractivity contribution in [3.05, 3.63) is 83.4 Å². The number of carbonyl (C=O) groups excluding carboxylic acids is 2. The number of aliphatic hydroxyl groups excluding tert-OH is 2. The Labute approximate surface area is 375 Å². The van der Waals surface area contributed by atoms with Crippen molar-refractivity contribution in [3.8, 4) is 16.9 Å². The Bertz CT molecular complexity index is 2010. The van der Waals surface area contributed by atoms with Gasteiger partial charge in [0.2, 0.25) is 5.91 Å². The van der Waals surface area contributed by atoms with E-state index in [1.54, 1.807) is 12.0 Å². The molecule has 3 aromatic carbocycles. The quantitative estimate of drug-likeness (QED) is 0.142. The molecule has 3 saturated carbocycles. The molecule has 5 fully saturated rings. The van der Waals surface area contributed by atoms with Gasteiger partial charge in [-0.15, -0.1) is 0 Å². The highest BCUT2D eigenvalue weighted by molar-refractivity contribution is 5.97. The summed E-state index contributed by atoms with van der Waals surface area (Å²) in [5.41, 5.74) is 5.19. The molecule has 5 aliphatic rings. The molecule has 13 heteroatoms. The van der Waals surface area contributed by atoms with E-state index in [0.29, 0.717) is 68.4 Å².